The maximum Gasteiger partial charge on any atom is 0.283 e. The van der Waals surface area contributed by atoms with Gasteiger partial charge >= 0.3 is 0 Å². The maximum atomic E-state index is 12.6. The van der Waals surface area contributed by atoms with Gasteiger partial charge in [-0.3, -0.25) is 4.79 Å². The van der Waals surface area contributed by atoms with E-state index in [9.17, 15) is 9.18 Å². The molecule has 19 heavy (non-hydrogen) atoms. The highest BCUT2D eigenvalue weighted by Crippen LogP contribution is 1.99. The first-order valence-electron chi connectivity index (χ1n) is 5.40. The molecule has 0 aromatic heterocycles. The smallest absolute Gasteiger partial charge is 0.283 e. The molecule has 0 saturated carbocycles. The Kier molecular flexibility index (Phi) is 5.23. The van der Waals surface area contributed by atoms with E-state index in [1.54, 1.807) is 25.1 Å². The number of nitriles is 1. The maximum absolute atomic E-state index is 12.6. The van der Waals surface area contributed by atoms with Crippen LogP contribution in [-0.2, 0) is 4.79 Å². The average molecular weight is 260 g/mol. The third-order valence-corrected chi connectivity index (χ3v) is 2.00. The van der Waals surface area contributed by atoms with E-state index < -0.39 is 5.91 Å². The molecule has 0 unspecified atom stereocenters. The van der Waals surface area contributed by atoms with Crippen LogP contribution in [0.2, 0.25) is 0 Å². The van der Waals surface area contributed by atoms with Crippen molar-refractivity contribution in [1.82, 2.24) is 10.3 Å². The first-order chi connectivity index (χ1) is 9.02. The van der Waals surface area contributed by atoms with Gasteiger partial charge in [-0.15, -0.1) is 0 Å². The molecule has 0 aliphatic rings. The highest BCUT2D eigenvalue weighted by atomic mass is 19.1. The molecule has 0 heterocycles. The van der Waals surface area contributed by atoms with Gasteiger partial charge in [0.05, 0.1) is 6.21 Å². The van der Waals surface area contributed by atoms with E-state index in [2.05, 4.69) is 10.5 Å². The van der Waals surface area contributed by atoms with Crippen LogP contribution in [0.4, 0.5) is 4.39 Å². The second-order valence-corrected chi connectivity index (χ2v) is 3.87. The Bertz CT molecular complexity index is 541. The predicted octanol–water partition coefficient (Wildman–Crippen LogP) is 1.24. The lowest BCUT2D eigenvalue weighted by molar-refractivity contribution is -0.117. The van der Waals surface area contributed by atoms with Crippen LogP contribution in [0.1, 0.15) is 5.56 Å². The van der Waals surface area contributed by atoms with Gasteiger partial charge in [0.2, 0.25) is 0 Å². The predicted molar refractivity (Wildman–Crippen MR) is 69.5 cm³/mol. The van der Waals surface area contributed by atoms with Gasteiger partial charge in [0.15, 0.2) is 0 Å². The van der Waals surface area contributed by atoms with Gasteiger partial charge in [0.1, 0.15) is 17.5 Å². The number of rotatable bonds is 4. The number of nitrogens with one attached hydrogen (secondary N) is 1. The van der Waals surface area contributed by atoms with E-state index in [4.69, 9.17) is 5.26 Å². The van der Waals surface area contributed by atoms with Gasteiger partial charge in [0, 0.05) is 20.3 Å². The summed E-state index contributed by atoms with van der Waals surface area (Å²) < 4.78 is 12.6. The molecule has 0 bridgehead atoms. The minimum atomic E-state index is -0.602. The molecular formula is C13H13FN4O. The second-order valence-electron chi connectivity index (χ2n) is 3.87. The van der Waals surface area contributed by atoms with Gasteiger partial charge in [0.25, 0.3) is 5.91 Å². The van der Waals surface area contributed by atoms with Crippen LogP contribution < -0.4 is 5.43 Å². The molecule has 6 heteroatoms. The van der Waals surface area contributed by atoms with Crippen molar-refractivity contribution >= 4 is 12.1 Å². The van der Waals surface area contributed by atoms with Crippen LogP contribution in [-0.4, -0.2) is 31.1 Å². The molecule has 1 N–H and O–H groups in total. The number of hydrogen-bond donors (Lipinski definition) is 1. The van der Waals surface area contributed by atoms with Crippen molar-refractivity contribution < 1.29 is 9.18 Å². The topological polar surface area (TPSA) is 68.5 Å². The summed E-state index contributed by atoms with van der Waals surface area (Å²) in [6, 6.07) is 7.39. The molecule has 1 amide bonds. The Morgan fingerprint density at radius 1 is 1.42 bits per heavy atom. The van der Waals surface area contributed by atoms with Crippen LogP contribution in [0.5, 0.6) is 0 Å². The normalized spacial score (nSPS) is 11.2. The second kappa shape index (κ2) is 6.91. The lowest BCUT2D eigenvalue weighted by Crippen LogP contribution is -2.20. The Balaban J connectivity index is 2.64. The molecule has 1 rings (SSSR count). The summed E-state index contributed by atoms with van der Waals surface area (Å²) in [4.78, 5) is 13.1. The first-order valence-corrected chi connectivity index (χ1v) is 5.40. The fourth-order valence-corrected chi connectivity index (χ4v) is 1.17. The highest BCUT2D eigenvalue weighted by molar-refractivity contribution is 5.97. The number of carbonyl (C=O) groups excluding carboxylic acids is 1. The molecule has 0 aliphatic heterocycles. The van der Waals surface area contributed by atoms with E-state index in [1.807, 2.05) is 0 Å². The number of amides is 1. The standard InChI is InChI=1S/C13H13FN4O/c1-18(2)9-11(7-15)13(19)17-16-8-10-3-5-12(14)6-4-10/h3-6,8-9H,1-2H3,(H,17,19)/b11-9+,16-8-. The summed E-state index contributed by atoms with van der Waals surface area (Å²) in [7, 11) is 3.40. The van der Waals surface area contributed by atoms with E-state index >= 15 is 0 Å². The molecular weight excluding hydrogens is 247 g/mol. The lowest BCUT2D eigenvalue weighted by Gasteiger charge is -2.05. The Labute approximate surface area is 110 Å². The van der Waals surface area contributed by atoms with Crippen molar-refractivity contribution in [3.8, 4) is 6.07 Å². The van der Waals surface area contributed by atoms with Crippen molar-refractivity contribution in [2.45, 2.75) is 0 Å². The average Bonchev–Trinajstić information content (AvgIpc) is 2.38. The largest absolute Gasteiger partial charge is 0.382 e. The summed E-state index contributed by atoms with van der Waals surface area (Å²) in [5, 5.41) is 12.5. The van der Waals surface area contributed by atoms with Gasteiger partial charge in [-0.05, 0) is 17.7 Å². The molecule has 5 nitrogen and oxygen atoms in total. The zero-order chi connectivity index (χ0) is 14.3. The van der Waals surface area contributed by atoms with E-state index in [-0.39, 0.29) is 11.4 Å². The quantitative estimate of drug-likeness (QED) is 0.383. The van der Waals surface area contributed by atoms with Crippen molar-refractivity contribution in [2.75, 3.05) is 14.1 Å². The van der Waals surface area contributed by atoms with E-state index in [0.29, 0.717) is 5.56 Å². The number of benzene rings is 1. The summed E-state index contributed by atoms with van der Waals surface area (Å²) >= 11 is 0. The van der Waals surface area contributed by atoms with Crippen LogP contribution in [0, 0.1) is 17.1 Å². The van der Waals surface area contributed by atoms with Gasteiger partial charge in [-0.2, -0.15) is 10.4 Å². The van der Waals surface area contributed by atoms with Gasteiger partial charge in [-0.1, -0.05) is 12.1 Å². The Morgan fingerprint density at radius 2 is 2.05 bits per heavy atom. The molecule has 1 aromatic rings. The SMILES string of the molecule is CN(C)/C=C(\C#N)C(=O)N/N=C\c1ccc(F)cc1. The summed E-state index contributed by atoms with van der Waals surface area (Å²) in [6.07, 6.45) is 2.75. The summed E-state index contributed by atoms with van der Waals surface area (Å²) in [5.74, 6) is -0.948. The fourth-order valence-electron chi connectivity index (χ4n) is 1.17. The van der Waals surface area contributed by atoms with Crippen molar-refractivity contribution in [3.63, 3.8) is 0 Å². The molecule has 0 atom stereocenters. The minimum absolute atomic E-state index is 0.0544. The van der Waals surface area contributed by atoms with Crippen LogP contribution >= 0.6 is 0 Å². The van der Waals surface area contributed by atoms with Crippen LogP contribution in [0.15, 0.2) is 41.1 Å². The van der Waals surface area contributed by atoms with Crippen LogP contribution in [0.25, 0.3) is 0 Å². The molecule has 0 fully saturated rings. The molecule has 0 spiro atoms. The van der Waals surface area contributed by atoms with Gasteiger partial charge < -0.3 is 4.90 Å². The van der Waals surface area contributed by atoms with E-state index in [0.717, 1.165) is 0 Å². The number of hydrogen-bond acceptors (Lipinski definition) is 4. The minimum Gasteiger partial charge on any atom is -0.382 e. The van der Waals surface area contributed by atoms with Crippen LogP contribution in [0.3, 0.4) is 0 Å². The summed E-state index contributed by atoms with van der Waals surface area (Å²) in [5.41, 5.74) is 2.80. The lowest BCUT2D eigenvalue weighted by atomic mass is 10.2. The molecule has 0 saturated heterocycles. The zero-order valence-electron chi connectivity index (χ0n) is 10.6. The Hall–Kier alpha value is -2.68. The third-order valence-electron chi connectivity index (χ3n) is 2.00. The number of nitrogens with zero attached hydrogens (tertiary/aromatic N) is 3. The van der Waals surface area contributed by atoms with Crippen molar-refractivity contribution in [2.24, 2.45) is 5.10 Å². The first kappa shape index (κ1) is 14.4. The number of hydrazone groups is 1. The summed E-state index contributed by atoms with van der Waals surface area (Å²) in [6.45, 7) is 0. The number of carbonyl (C=O) groups is 1. The number of halogens is 1. The van der Waals surface area contributed by atoms with Crippen molar-refractivity contribution in [1.29, 1.82) is 5.26 Å². The fraction of sp³-hybridized carbons (Fsp3) is 0.154. The highest BCUT2D eigenvalue weighted by Gasteiger charge is 2.07. The molecule has 0 radical (unpaired) electrons. The van der Waals surface area contributed by atoms with Gasteiger partial charge in [-0.25, -0.2) is 9.82 Å². The van der Waals surface area contributed by atoms with Crippen molar-refractivity contribution in [3.05, 3.63) is 47.4 Å². The monoisotopic (exact) mass is 260 g/mol. The molecule has 0 aliphatic carbocycles. The third kappa shape index (κ3) is 5.00. The zero-order valence-corrected chi connectivity index (χ0v) is 10.6. The molecule has 98 valence electrons. The van der Waals surface area contributed by atoms with E-state index in [1.165, 1.54) is 36.7 Å². The Morgan fingerprint density at radius 3 is 2.58 bits per heavy atom. The molecule has 1 aromatic carbocycles.